The number of fused-ring (bicyclic) bond motifs is 17. The molecule has 248 valence electrons. The molecule has 10 aromatic rings. The molecular weight excluding hydrogens is 667 g/mol. The fourth-order valence-corrected chi connectivity index (χ4v) is 16.2. The van der Waals surface area contributed by atoms with Gasteiger partial charge in [0.1, 0.15) is 0 Å². The van der Waals surface area contributed by atoms with Crippen molar-refractivity contribution in [2.24, 2.45) is 0 Å². The van der Waals surface area contributed by atoms with E-state index in [-0.39, 0.29) is 0 Å². The number of nitrogens with one attached hydrogen (secondary N) is 1. The molecule has 0 fully saturated rings. The summed E-state index contributed by atoms with van der Waals surface area (Å²) in [5, 5.41) is 13.6. The Morgan fingerprint density at radius 1 is 0.426 bits per heavy atom. The van der Waals surface area contributed by atoms with Crippen molar-refractivity contribution >= 4 is 107 Å². The van der Waals surface area contributed by atoms with Gasteiger partial charge in [-0.3, -0.25) is 0 Å². The standard InChI is InChI=1S/C50H31BN2Si/c1-2-14-31-29-41-38(27-30(31)13-1)36-19-11-20-37(48(36)52-41)39-28-32-15-3-4-16-33(32)49-47(39)51-40-21-12-26-46-50(40)53(49)42-22-7-10-25-45(42)54(46)43-23-8-5-17-34(43)35-18-6-9-24-44(35)54/h1-29,51-52H. The summed E-state index contributed by atoms with van der Waals surface area (Å²) in [7, 11) is -1.78. The number of benzene rings is 9. The van der Waals surface area contributed by atoms with Gasteiger partial charge in [-0.05, 0) is 83.3 Å². The van der Waals surface area contributed by atoms with Crippen LogP contribution in [0.4, 0.5) is 17.1 Å². The molecular formula is C50H31BN2Si. The lowest BCUT2D eigenvalue weighted by Gasteiger charge is -2.47. The van der Waals surface area contributed by atoms with Crippen molar-refractivity contribution in [2.75, 3.05) is 4.90 Å². The van der Waals surface area contributed by atoms with Crippen LogP contribution in [0.1, 0.15) is 0 Å². The van der Waals surface area contributed by atoms with E-state index in [1.165, 1.54) is 114 Å². The number of anilines is 3. The summed E-state index contributed by atoms with van der Waals surface area (Å²) < 4.78 is 0. The zero-order valence-corrected chi connectivity index (χ0v) is 30.4. The maximum absolute atomic E-state index is 3.92. The lowest BCUT2D eigenvalue weighted by Crippen LogP contribution is -2.76. The maximum Gasteiger partial charge on any atom is 0.198 e. The van der Waals surface area contributed by atoms with Gasteiger partial charge in [0.25, 0.3) is 0 Å². The molecule has 0 bridgehead atoms. The van der Waals surface area contributed by atoms with E-state index in [1.807, 2.05) is 0 Å². The molecule has 0 saturated carbocycles. The minimum Gasteiger partial charge on any atom is -0.354 e. The average Bonchev–Trinajstić information content (AvgIpc) is 3.74. The zero-order valence-electron chi connectivity index (χ0n) is 29.4. The first-order valence-electron chi connectivity index (χ1n) is 19.0. The van der Waals surface area contributed by atoms with Crippen LogP contribution in [0.15, 0.2) is 176 Å². The molecule has 0 atom stereocenters. The summed E-state index contributed by atoms with van der Waals surface area (Å²) in [6, 6.07) is 66.8. The summed E-state index contributed by atoms with van der Waals surface area (Å²) in [6.45, 7) is 0. The molecule has 0 radical (unpaired) electrons. The Balaban J connectivity index is 1.14. The Morgan fingerprint density at radius 2 is 1.04 bits per heavy atom. The molecule has 2 nitrogen and oxygen atoms in total. The zero-order chi connectivity index (χ0) is 35.1. The van der Waals surface area contributed by atoms with Gasteiger partial charge in [-0.15, -0.1) is 0 Å². The van der Waals surface area contributed by atoms with Gasteiger partial charge in [0.05, 0.1) is 5.52 Å². The predicted molar refractivity (Wildman–Crippen MR) is 234 cm³/mol. The van der Waals surface area contributed by atoms with E-state index >= 15 is 0 Å². The van der Waals surface area contributed by atoms with E-state index < -0.39 is 8.07 Å². The number of rotatable bonds is 1. The van der Waals surface area contributed by atoms with Gasteiger partial charge >= 0.3 is 0 Å². The Labute approximate surface area is 314 Å². The topological polar surface area (TPSA) is 19.0 Å². The van der Waals surface area contributed by atoms with Crippen molar-refractivity contribution < 1.29 is 0 Å². The molecule has 4 heteroatoms. The van der Waals surface area contributed by atoms with Gasteiger partial charge in [-0.25, -0.2) is 0 Å². The monoisotopic (exact) mass is 698 g/mol. The maximum atomic E-state index is 3.92. The number of hydrogen-bond donors (Lipinski definition) is 1. The molecule has 0 unspecified atom stereocenters. The van der Waals surface area contributed by atoms with Gasteiger partial charge in [0.2, 0.25) is 0 Å². The molecule has 1 spiro atoms. The van der Waals surface area contributed by atoms with Gasteiger partial charge in [0, 0.05) is 44.3 Å². The SMILES string of the molecule is B1c2cccc3c2N(c2ccccc2[Si]32c3ccccc3-c3ccccc32)c2c1c(-c1cccc3c1[nH]c1cc4ccccc4cc13)cc1ccccc21. The third-order valence-electron chi connectivity index (χ3n) is 12.8. The third kappa shape index (κ3) is 3.48. The highest BCUT2D eigenvalue weighted by atomic mass is 28.3. The van der Waals surface area contributed by atoms with Crippen LogP contribution in [0.3, 0.4) is 0 Å². The highest BCUT2D eigenvalue weighted by Crippen LogP contribution is 2.46. The van der Waals surface area contributed by atoms with Crippen molar-refractivity contribution in [1.29, 1.82) is 0 Å². The molecule has 0 aliphatic carbocycles. The number of H-pyrrole nitrogens is 1. The van der Waals surface area contributed by atoms with Crippen molar-refractivity contribution in [3.63, 3.8) is 0 Å². The van der Waals surface area contributed by atoms with Crippen molar-refractivity contribution in [1.82, 2.24) is 4.98 Å². The van der Waals surface area contributed by atoms with Gasteiger partial charge in [0.15, 0.2) is 15.4 Å². The molecule has 0 saturated heterocycles. The summed E-state index contributed by atoms with van der Waals surface area (Å²) in [4.78, 5) is 6.59. The fourth-order valence-electron chi connectivity index (χ4n) is 10.7. The molecule has 54 heavy (non-hydrogen) atoms. The number of aromatic nitrogens is 1. The van der Waals surface area contributed by atoms with Crippen LogP contribution in [0.25, 0.3) is 65.6 Å². The molecule has 4 heterocycles. The minimum absolute atomic E-state index is 0.867. The number of para-hydroxylation sites is 3. The Kier molecular flexibility index (Phi) is 5.50. The first kappa shape index (κ1) is 28.9. The lowest BCUT2D eigenvalue weighted by atomic mass is 9.57. The first-order valence-corrected chi connectivity index (χ1v) is 21.0. The summed E-state index contributed by atoms with van der Waals surface area (Å²) in [6.07, 6.45) is 0. The highest BCUT2D eigenvalue weighted by Gasteiger charge is 2.55. The Hall–Kier alpha value is -6.62. The van der Waals surface area contributed by atoms with E-state index in [4.69, 9.17) is 0 Å². The van der Waals surface area contributed by atoms with Crippen LogP contribution in [-0.2, 0) is 0 Å². The summed E-state index contributed by atoms with van der Waals surface area (Å²) >= 11 is 0. The number of nitrogens with zero attached hydrogens (tertiary/aromatic N) is 1. The molecule has 3 aliphatic heterocycles. The second kappa shape index (κ2) is 10.3. The van der Waals surface area contributed by atoms with Crippen LogP contribution in [0.5, 0.6) is 0 Å². The molecule has 3 aliphatic rings. The van der Waals surface area contributed by atoms with Crippen LogP contribution >= 0.6 is 0 Å². The van der Waals surface area contributed by atoms with E-state index in [2.05, 4.69) is 186 Å². The van der Waals surface area contributed by atoms with E-state index in [1.54, 1.807) is 0 Å². The van der Waals surface area contributed by atoms with Crippen molar-refractivity contribution in [2.45, 2.75) is 0 Å². The smallest absolute Gasteiger partial charge is 0.198 e. The van der Waals surface area contributed by atoms with Gasteiger partial charge in [-0.2, -0.15) is 0 Å². The minimum atomic E-state index is -2.65. The normalized spacial score (nSPS) is 14.2. The Morgan fingerprint density at radius 3 is 1.85 bits per heavy atom. The van der Waals surface area contributed by atoms with Crippen molar-refractivity contribution in [3.8, 4) is 22.3 Å². The molecule has 9 aromatic carbocycles. The van der Waals surface area contributed by atoms with Gasteiger partial charge in [-0.1, -0.05) is 157 Å². The third-order valence-corrected chi connectivity index (χ3v) is 17.7. The second-order valence-electron chi connectivity index (χ2n) is 15.3. The molecule has 0 amide bonds. The van der Waals surface area contributed by atoms with Crippen LogP contribution in [0.2, 0.25) is 0 Å². The Bertz CT molecular complexity index is 3240. The molecule has 1 aromatic heterocycles. The second-order valence-corrected chi connectivity index (χ2v) is 18.9. The first-order chi connectivity index (χ1) is 26.8. The van der Waals surface area contributed by atoms with Crippen LogP contribution in [0, 0.1) is 0 Å². The predicted octanol–water partition coefficient (Wildman–Crippen LogP) is 8.14. The average molecular weight is 699 g/mol. The lowest BCUT2D eigenvalue weighted by molar-refractivity contribution is 1.32. The number of hydrogen-bond acceptors (Lipinski definition) is 1. The highest BCUT2D eigenvalue weighted by molar-refractivity contribution is 7.23. The molecule has 13 rings (SSSR count). The number of aromatic amines is 1. The fraction of sp³-hybridized carbons (Fsp3) is 0. The quantitative estimate of drug-likeness (QED) is 0.172. The van der Waals surface area contributed by atoms with Crippen LogP contribution < -0.4 is 36.6 Å². The van der Waals surface area contributed by atoms with E-state index in [0.717, 1.165) is 7.28 Å². The summed E-state index contributed by atoms with van der Waals surface area (Å²) in [5.41, 5.74) is 14.5. The largest absolute Gasteiger partial charge is 0.354 e. The van der Waals surface area contributed by atoms with Gasteiger partial charge < -0.3 is 9.88 Å². The van der Waals surface area contributed by atoms with Crippen LogP contribution in [-0.4, -0.2) is 20.3 Å². The molecule has 1 N–H and O–H groups in total. The van der Waals surface area contributed by atoms with E-state index in [9.17, 15) is 0 Å². The summed E-state index contributed by atoms with van der Waals surface area (Å²) in [5.74, 6) is 0. The van der Waals surface area contributed by atoms with Crippen molar-refractivity contribution in [3.05, 3.63) is 176 Å². The van der Waals surface area contributed by atoms with E-state index in [0.29, 0.717) is 0 Å².